The van der Waals surface area contributed by atoms with Crippen LogP contribution in [0, 0.1) is 35.0 Å². The lowest BCUT2D eigenvalue weighted by atomic mass is 9.48. The Kier molecular flexibility index (Phi) is 4.49. The van der Waals surface area contributed by atoms with E-state index in [0.29, 0.717) is 17.4 Å². The molecule has 0 radical (unpaired) electrons. The van der Waals surface area contributed by atoms with Crippen molar-refractivity contribution in [1.29, 1.82) is 5.26 Å². The molecule has 3 fully saturated rings. The van der Waals surface area contributed by atoms with Gasteiger partial charge in [-0.05, 0) is 60.8 Å². The van der Waals surface area contributed by atoms with E-state index in [1.54, 1.807) is 0 Å². The maximum absolute atomic E-state index is 12.0. The molecule has 1 amide bonds. The summed E-state index contributed by atoms with van der Waals surface area (Å²) < 4.78 is 0. The van der Waals surface area contributed by atoms with Crippen LogP contribution in [-0.2, 0) is 11.2 Å². The van der Waals surface area contributed by atoms with Crippen LogP contribution < -0.4 is 4.90 Å². The fourth-order valence-electron chi connectivity index (χ4n) is 6.98. The number of nitriles is 1. The highest BCUT2D eigenvalue weighted by molar-refractivity contribution is 5.88. The SMILES string of the molecule is C=CC(=O)N1CC2(CCN(c3nc4c(c(-c5cnccc5C)c3C#N)C[C@H]3C[C@@H]4C3(C)C)C2)C1. The Morgan fingerprint density at radius 1 is 1.32 bits per heavy atom. The molecule has 2 aromatic rings. The molecule has 1 saturated carbocycles. The van der Waals surface area contributed by atoms with Crippen LogP contribution >= 0.6 is 0 Å². The summed E-state index contributed by atoms with van der Waals surface area (Å²) in [6.45, 7) is 13.7. The van der Waals surface area contributed by atoms with Gasteiger partial charge < -0.3 is 9.80 Å². The molecule has 34 heavy (non-hydrogen) atoms. The van der Waals surface area contributed by atoms with Gasteiger partial charge in [0.05, 0.1) is 5.69 Å². The molecular weight excluding hydrogens is 422 g/mol. The van der Waals surface area contributed by atoms with Crippen LogP contribution in [0.15, 0.2) is 31.1 Å². The molecule has 0 N–H and O–H groups in total. The molecular formula is C28H31N5O. The number of anilines is 1. The number of carbonyl (C=O) groups is 1. The second-order valence-electron chi connectivity index (χ2n) is 11.4. The summed E-state index contributed by atoms with van der Waals surface area (Å²) in [6, 6.07) is 4.59. The molecule has 7 rings (SSSR count). The first-order valence-corrected chi connectivity index (χ1v) is 12.3. The second kappa shape index (κ2) is 7.15. The van der Waals surface area contributed by atoms with E-state index >= 15 is 0 Å². The number of pyridine rings is 2. The van der Waals surface area contributed by atoms with Crippen molar-refractivity contribution in [3.8, 4) is 17.2 Å². The summed E-state index contributed by atoms with van der Waals surface area (Å²) in [7, 11) is 0. The van der Waals surface area contributed by atoms with E-state index in [1.807, 2.05) is 23.4 Å². The van der Waals surface area contributed by atoms with E-state index in [4.69, 9.17) is 4.98 Å². The summed E-state index contributed by atoms with van der Waals surface area (Å²) in [5.41, 5.74) is 6.72. The smallest absolute Gasteiger partial charge is 0.245 e. The van der Waals surface area contributed by atoms with Crippen LogP contribution in [0.25, 0.3) is 11.1 Å². The van der Waals surface area contributed by atoms with Gasteiger partial charge in [-0.15, -0.1) is 0 Å². The number of likely N-dealkylation sites (tertiary alicyclic amines) is 1. The van der Waals surface area contributed by atoms with Crippen LogP contribution in [0.3, 0.4) is 0 Å². The number of aryl methyl sites for hydroxylation is 1. The number of amides is 1. The van der Waals surface area contributed by atoms with Gasteiger partial charge >= 0.3 is 0 Å². The molecule has 2 bridgehead atoms. The summed E-state index contributed by atoms with van der Waals surface area (Å²) in [6.07, 6.45) is 8.30. The summed E-state index contributed by atoms with van der Waals surface area (Å²) >= 11 is 0. The van der Waals surface area contributed by atoms with Gasteiger partial charge in [0.15, 0.2) is 0 Å². The van der Waals surface area contributed by atoms with Gasteiger partial charge in [-0.3, -0.25) is 9.78 Å². The minimum Gasteiger partial charge on any atom is -0.355 e. The third kappa shape index (κ3) is 2.82. The summed E-state index contributed by atoms with van der Waals surface area (Å²) in [4.78, 5) is 25.9. The van der Waals surface area contributed by atoms with Gasteiger partial charge in [-0.2, -0.15) is 5.26 Å². The topological polar surface area (TPSA) is 73.1 Å². The van der Waals surface area contributed by atoms with Gasteiger partial charge in [0.25, 0.3) is 0 Å². The Balaban J connectivity index is 1.46. The first kappa shape index (κ1) is 21.3. The average Bonchev–Trinajstić information content (AvgIpc) is 3.27. The quantitative estimate of drug-likeness (QED) is 0.650. The number of rotatable bonds is 3. The minimum absolute atomic E-state index is 0.00445. The van der Waals surface area contributed by atoms with E-state index in [0.717, 1.165) is 61.5 Å². The van der Waals surface area contributed by atoms with Crippen LogP contribution in [0.1, 0.15) is 55.0 Å². The lowest BCUT2D eigenvalue weighted by Gasteiger charge is -2.57. The van der Waals surface area contributed by atoms with Crippen LogP contribution in [-0.4, -0.2) is 47.0 Å². The predicted octanol–water partition coefficient (Wildman–Crippen LogP) is 4.23. The number of hydrogen-bond donors (Lipinski definition) is 0. The fraction of sp³-hybridized carbons (Fsp3) is 0.500. The van der Waals surface area contributed by atoms with Crippen molar-refractivity contribution in [2.24, 2.45) is 16.7 Å². The Bertz CT molecular complexity index is 1270. The number of nitrogens with zero attached hydrogens (tertiary/aromatic N) is 5. The molecule has 1 spiro atoms. The molecule has 174 valence electrons. The molecule has 0 unspecified atom stereocenters. The zero-order valence-corrected chi connectivity index (χ0v) is 20.3. The third-order valence-corrected chi connectivity index (χ3v) is 9.26. The minimum atomic E-state index is 0.00445. The maximum atomic E-state index is 12.0. The van der Waals surface area contributed by atoms with Gasteiger partial charge in [0.2, 0.25) is 5.91 Å². The van der Waals surface area contributed by atoms with Crippen molar-refractivity contribution in [2.45, 2.75) is 46.0 Å². The lowest BCUT2D eigenvalue weighted by molar-refractivity contribution is -0.136. The lowest BCUT2D eigenvalue weighted by Crippen LogP contribution is -2.59. The van der Waals surface area contributed by atoms with E-state index in [2.05, 4.69) is 43.3 Å². The molecule has 3 aliphatic carbocycles. The summed E-state index contributed by atoms with van der Waals surface area (Å²) in [5.74, 6) is 1.90. The number of hydrogen-bond acceptors (Lipinski definition) is 5. The normalized spacial score (nSPS) is 25.2. The molecule has 2 atom stereocenters. The molecule has 2 aliphatic heterocycles. The predicted molar refractivity (Wildman–Crippen MR) is 131 cm³/mol. The van der Waals surface area contributed by atoms with Crippen molar-refractivity contribution >= 4 is 11.7 Å². The van der Waals surface area contributed by atoms with Gasteiger partial charge in [0.1, 0.15) is 17.5 Å². The molecule has 2 saturated heterocycles. The monoisotopic (exact) mass is 453 g/mol. The zero-order valence-electron chi connectivity index (χ0n) is 20.3. The Labute approximate surface area is 201 Å². The highest BCUT2D eigenvalue weighted by Gasteiger charge is 2.55. The standard InChI is InChI=1S/C28H31N5O/c1-5-23(34)33-15-28(16-33)7-9-32(14-28)26-20(12-29)24(21-13-30-8-6-17(21)2)19-10-18-11-22(25(19)31-26)27(18,3)4/h5-6,8,13,18,22H,1,7,9-11,14-16H2,2-4H3/t18-,22-/m0/s1. The summed E-state index contributed by atoms with van der Waals surface area (Å²) in [5, 5.41) is 10.4. The number of aromatic nitrogens is 2. The van der Waals surface area contributed by atoms with E-state index in [-0.39, 0.29) is 16.7 Å². The largest absolute Gasteiger partial charge is 0.355 e. The van der Waals surface area contributed by atoms with Crippen molar-refractivity contribution in [3.05, 3.63) is 53.5 Å². The van der Waals surface area contributed by atoms with Gasteiger partial charge in [-0.25, -0.2) is 4.98 Å². The van der Waals surface area contributed by atoms with E-state index in [9.17, 15) is 10.1 Å². The van der Waals surface area contributed by atoms with Crippen molar-refractivity contribution in [3.63, 3.8) is 0 Å². The fourth-order valence-corrected chi connectivity index (χ4v) is 6.98. The second-order valence-corrected chi connectivity index (χ2v) is 11.4. The van der Waals surface area contributed by atoms with Crippen molar-refractivity contribution in [2.75, 3.05) is 31.1 Å². The third-order valence-electron chi connectivity index (χ3n) is 9.26. The Morgan fingerprint density at radius 2 is 2.12 bits per heavy atom. The Morgan fingerprint density at radius 3 is 2.79 bits per heavy atom. The van der Waals surface area contributed by atoms with Gasteiger partial charge in [0, 0.05) is 61.0 Å². The van der Waals surface area contributed by atoms with E-state index in [1.165, 1.54) is 23.8 Å². The molecule has 2 aromatic heterocycles. The number of carbonyl (C=O) groups excluding carboxylic acids is 1. The van der Waals surface area contributed by atoms with Crippen molar-refractivity contribution < 1.29 is 4.79 Å². The zero-order chi connectivity index (χ0) is 23.8. The van der Waals surface area contributed by atoms with Gasteiger partial charge in [-0.1, -0.05) is 20.4 Å². The Hall–Kier alpha value is -3.20. The molecule has 6 nitrogen and oxygen atoms in total. The van der Waals surface area contributed by atoms with Crippen LogP contribution in [0.5, 0.6) is 0 Å². The van der Waals surface area contributed by atoms with Crippen LogP contribution in [0.2, 0.25) is 0 Å². The highest BCUT2D eigenvalue weighted by Crippen LogP contribution is 2.63. The molecule has 5 aliphatic rings. The maximum Gasteiger partial charge on any atom is 0.245 e. The molecule has 6 heteroatoms. The highest BCUT2D eigenvalue weighted by atomic mass is 16.2. The van der Waals surface area contributed by atoms with Crippen molar-refractivity contribution in [1.82, 2.24) is 14.9 Å². The first-order valence-electron chi connectivity index (χ1n) is 12.3. The first-order chi connectivity index (χ1) is 16.3. The molecule has 0 aromatic carbocycles. The van der Waals surface area contributed by atoms with E-state index < -0.39 is 0 Å². The molecule has 4 heterocycles. The average molecular weight is 454 g/mol. The van der Waals surface area contributed by atoms with Crippen LogP contribution in [0.4, 0.5) is 5.82 Å².